The first kappa shape index (κ1) is 25.2. The third-order valence-corrected chi connectivity index (χ3v) is 6.14. The van der Waals surface area contributed by atoms with E-state index >= 15 is 0 Å². The van der Waals surface area contributed by atoms with E-state index in [1.807, 2.05) is 16.9 Å². The Kier molecular flexibility index (Phi) is 8.38. The molecule has 0 radical (unpaired) electrons. The molecule has 4 N–H and O–H groups in total. The lowest BCUT2D eigenvalue weighted by Crippen LogP contribution is -2.41. The van der Waals surface area contributed by atoms with Crippen LogP contribution in [0.15, 0.2) is 107 Å². The Bertz CT molecular complexity index is 1340. The second-order valence-electron chi connectivity index (χ2n) is 7.01. The third kappa shape index (κ3) is 6.79. The van der Waals surface area contributed by atoms with E-state index < -0.39 is 32.5 Å². The molecule has 1 aromatic heterocycles. The number of nitrogens with one attached hydrogen (secondary N) is 3. The van der Waals surface area contributed by atoms with Crippen molar-refractivity contribution in [1.29, 1.82) is 0 Å². The van der Waals surface area contributed by atoms with Gasteiger partial charge in [0.25, 0.3) is 5.91 Å². The van der Waals surface area contributed by atoms with Gasteiger partial charge in [-0.05, 0) is 48.5 Å². The lowest BCUT2D eigenvalue weighted by molar-refractivity contribution is 0.0830. The Balaban J connectivity index is 0.000000237. The van der Waals surface area contributed by atoms with E-state index in [0.29, 0.717) is 0 Å². The average Bonchev–Trinajstić information content (AvgIpc) is 3.44. The number of aromatic hydroxyl groups is 1. The molecule has 0 aliphatic carbocycles. The molecule has 0 saturated carbocycles. The van der Waals surface area contributed by atoms with Crippen molar-refractivity contribution in [2.45, 2.75) is 4.90 Å². The van der Waals surface area contributed by atoms with Crippen LogP contribution in [-0.4, -0.2) is 32.4 Å². The highest BCUT2D eigenvalue weighted by atomic mass is 32.2. The normalized spacial score (nSPS) is 10.5. The molecular formula is C25H23N3O6S. The molecule has 10 heteroatoms. The van der Waals surface area contributed by atoms with Crippen molar-refractivity contribution in [2.24, 2.45) is 0 Å². The van der Waals surface area contributed by atoms with Crippen LogP contribution in [-0.2, 0) is 10.0 Å². The Morgan fingerprint density at radius 3 is 1.86 bits per heavy atom. The molecule has 0 unspecified atom stereocenters. The molecule has 0 atom stereocenters. The van der Waals surface area contributed by atoms with Gasteiger partial charge >= 0.3 is 5.91 Å². The van der Waals surface area contributed by atoms with Crippen molar-refractivity contribution in [1.82, 2.24) is 15.6 Å². The van der Waals surface area contributed by atoms with E-state index in [9.17, 15) is 23.1 Å². The number of hydrogen-bond acceptors (Lipinski definition) is 6. The molecule has 2 amide bonds. The minimum atomic E-state index is -3.93. The molecule has 0 saturated heterocycles. The van der Waals surface area contributed by atoms with Gasteiger partial charge in [0, 0.05) is 5.56 Å². The van der Waals surface area contributed by atoms with Gasteiger partial charge in [-0.25, -0.2) is 13.1 Å². The zero-order chi connectivity index (χ0) is 25.3. The predicted molar refractivity (Wildman–Crippen MR) is 130 cm³/mol. The summed E-state index contributed by atoms with van der Waals surface area (Å²) in [4.78, 5) is 23.1. The standard InChI is InChI=1S/C13H13N3O6S.C12H10/c1-14-23(20,21)11-7-8(4-5-9(11)17)12(18)15-16-13(19)10-3-2-6-22-10;1-3-7-11(8-4-1)12-9-5-2-6-10-12/h2-7,14,17H,1H3,(H,15,18)(H,16,19);1-10H. The van der Waals surface area contributed by atoms with Crippen LogP contribution in [0.5, 0.6) is 5.75 Å². The zero-order valence-electron chi connectivity index (χ0n) is 18.6. The molecule has 0 fully saturated rings. The van der Waals surface area contributed by atoms with Crippen molar-refractivity contribution in [3.63, 3.8) is 0 Å². The summed E-state index contributed by atoms with van der Waals surface area (Å²) in [6.45, 7) is 0. The van der Waals surface area contributed by atoms with E-state index in [4.69, 9.17) is 4.42 Å². The fourth-order valence-electron chi connectivity index (χ4n) is 2.90. The zero-order valence-corrected chi connectivity index (χ0v) is 19.5. The third-order valence-electron chi connectivity index (χ3n) is 4.70. The van der Waals surface area contributed by atoms with E-state index in [2.05, 4.69) is 59.4 Å². The van der Waals surface area contributed by atoms with Crippen LogP contribution in [0.4, 0.5) is 0 Å². The highest BCUT2D eigenvalue weighted by Crippen LogP contribution is 2.23. The van der Waals surface area contributed by atoms with Crippen LogP contribution in [0.1, 0.15) is 20.9 Å². The summed E-state index contributed by atoms with van der Waals surface area (Å²) < 4.78 is 30.3. The molecule has 4 rings (SSSR count). The maximum Gasteiger partial charge on any atom is 0.305 e. The van der Waals surface area contributed by atoms with Gasteiger partial charge in [-0.15, -0.1) is 0 Å². The summed E-state index contributed by atoms with van der Waals surface area (Å²) in [6.07, 6.45) is 1.30. The van der Waals surface area contributed by atoms with Crippen LogP contribution >= 0.6 is 0 Å². The number of hydrogen-bond donors (Lipinski definition) is 4. The van der Waals surface area contributed by atoms with Crippen molar-refractivity contribution >= 4 is 21.8 Å². The quantitative estimate of drug-likeness (QED) is 0.315. The minimum Gasteiger partial charge on any atom is -0.507 e. The van der Waals surface area contributed by atoms with Crippen LogP contribution in [0.3, 0.4) is 0 Å². The summed E-state index contributed by atoms with van der Waals surface area (Å²) in [5.74, 6) is -1.95. The number of furan rings is 1. The Morgan fingerprint density at radius 2 is 1.34 bits per heavy atom. The van der Waals surface area contributed by atoms with Crippen LogP contribution in [0, 0.1) is 0 Å². The van der Waals surface area contributed by atoms with E-state index in [1.165, 1.54) is 42.6 Å². The molecule has 0 aliphatic rings. The van der Waals surface area contributed by atoms with Crippen molar-refractivity contribution in [2.75, 3.05) is 7.05 Å². The highest BCUT2D eigenvalue weighted by molar-refractivity contribution is 7.89. The van der Waals surface area contributed by atoms with E-state index in [1.54, 1.807) is 0 Å². The van der Waals surface area contributed by atoms with Crippen molar-refractivity contribution in [3.8, 4) is 16.9 Å². The van der Waals surface area contributed by atoms with E-state index in [-0.39, 0.29) is 11.3 Å². The van der Waals surface area contributed by atoms with Gasteiger partial charge < -0.3 is 9.52 Å². The molecule has 1 heterocycles. The van der Waals surface area contributed by atoms with Gasteiger partial charge in [0.15, 0.2) is 5.76 Å². The smallest absolute Gasteiger partial charge is 0.305 e. The summed E-state index contributed by atoms with van der Waals surface area (Å²) >= 11 is 0. The fourth-order valence-corrected chi connectivity index (χ4v) is 3.74. The second-order valence-corrected chi connectivity index (χ2v) is 8.86. The summed E-state index contributed by atoms with van der Waals surface area (Å²) in [5.41, 5.74) is 6.70. The number of rotatable bonds is 5. The molecular weight excluding hydrogens is 470 g/mol. The molecule has 35 heavy (non-hydrogen) atoms. The number of hydrazine groups is 1. The topological polar surface area (TPSA) is 138 Å². The van der Waals surface area contributed by atoms with Crippen LogP contribution in [0.25, 0.3) is 11.1 Å². The van der Waals surface area contributed by atoms with Gasteiger partial charge in [-0.2, -0.15) is 0 Å². The molecule has 9 nitrogen and oxygen atoms in total. The van der Waals surface area contributed by atoms with Gasteiger partial charge in [-0.1, -0.05) is 60.7 Å². The molecule has 0 bridgehead atoms. The fraction of sp³-hybridized carbons (Fsp3) is 0.0400. The Morgan fingerprint density at radius 1 is 0.771 bits per heavy atom. The minimum absolute atomic E-state index is 0.00513. The number of carbonyl (C=O) groups is 2. The first-order valence-electron chi connectivity index (χ1n) is 10.3. The number of sulfonamides is 1. The van der Waals surface area contributed by atoms with Gasteiger partial charge in [0.05, 0.1) is 6.26 Å². The highest BCUT2D eigenvalue weighted by Gasteiger charge is 2.19. The monoisotopic (exact) mass is 493 g/mol. The summed E-state index contributed by atoms with van der Waals surface area (Å²) in [5, 5.41) is 9.59. The number of phenolic OH excluding ortho intramolecular Hbond substituents is 1. The average molecular weight is 494 g/mol. The molecule has 3 aromatic carbocycles. The molecule has 0 aliphatic heterocycles. The maximum absolute atomic E-state index is 11.9. The summed E-state index contributed by atoms with van der Waals surface area (Å²) in [7, 11) is -2.76. The van der Waals surface area contributed by atoms with Crippen LogP contribution < -0.4 is 15.6 Å². The maximum atomic E-state index is 11.9. The predicted octanol–water partition coefficient (Wildman–Crippen LogP) is 3.32. The largest absolute Gasteiger partial charge is 0.507 e. The molecule has 0 spiro atoms. The molecule has 180 valence electrons. The number of amides is 2. The SMILES string of the molecule is CNS(=O)(=O)c1cc(C(=O)NNC(=O)c2ccco2)ccc1O.c1ccc(-c2ccccc2)cc1. The molecule has 4 aromatic rings. The number of phenols is 1. The van der Waals surface area contributed by atoms with Crippen molar-refractivity contribution < 1.29 is 27.5 Å². The van der Waals surface area contributed by atoms with Gasteiger partial charge in [0.2, 0.25) is 10.0 Å². The van der Waals surface area contributed by atoms with Gasteiger partial charge in [-0.3, -0.25) is 20.4 Å². The number of benzene rings is 3. The Hall–Kier alpha value is -4.41. The Labute approximate surface area is 202 Å². The number of carbonyl (C=O) groups excluding carboxylic acids is 2. The first-order valence-corrected chi connectivity index (χ1v) is 11.8. The summed E-state index contributed by atoms with van der Waals surface area (Å²) in [6, 6.07) is 26.9. The lowest BCUT2D eigenvalue weighted by Gasteiger charge is -2.09. The first-order chi connectivity index (χ1) is 16.8. The van der Waals surface area contributed by atoms with Gasteiger partial charge in [0.1, 0.15) is 10.6 Å². The van der Waals surface area contributed by atoms with Crippen molar-refractivity contribution in [3.05, 3.63) is 109 Å². The lowest BCUT2D eigenvalue weighted by atomic mass is 10.1. The second kappa shape index (κ2) is 11.6. The van der Waals surface area contributed by atoms with Crippen LogP contribution in [0.2, 0.25) is 0 Å². The van der Waals surface area contributed by atoms with E-state index in [0.717, 1.165) is 12.1 Å².